The number of carbonyl (C=O) groups excluding carboxylic acids is 3. The molecule has 2 aromatic rings. The molecule has 0 radical (unpaired) electrons. The van der Waals surface area contributed by atoms with Gasteiger partial charge in [0, 0.05) is 0 Å². The van der Waals surface area contributed by atoms with E-state index >= 15 is 0 Å². The number of imide groups is 1. The van der Waals surface area contributed by atoms with Crippen LogP contribution in [0.2, 0.25) is 0 Å². The summed E-state index contributed by atoms with van der Waals surface area (Å²) in [5.41, 5.74) is 0.557. The van der Waals surface area contributed by atoms with E-state index in [9.17, 15) is 22.8 Å². The Morgan fingerprint density at radius 2 is 1.73 bits per heavy atom. The van der Waals surface area contributed by atoms with Gasteiger partial charge in [0.2, 0.25) is 0 Å². The minimum absolute atomic E-state index is 0.0318. The highest BCUT2D eigenvalue weighted by Crippen LogP contribution is 2.32. The molecule has 0 aromatic heterocycles. The van der Waals surface area contributed by atoms with E-state index in [1.54, 1.807) is 37.3 Å². The Kier molecular flexibility index (Phi) is 6.58. The molecule has 8 nitrogen and oxygen atoms in total. The van der Waals surface area contributed by atoms with Crippen LogP contribution in [-0.4, -0.2) is 43.6 Å². The summed E-state index contributed by atoms with van der Waals surface area (Å²) in [5, 5.41) is -0.562. The molecular weight excluding hydrogens is 430 g/mol. The first-order valence-corrected chi connectivity index (χ1v) is 11.0. The van der Waals surface area contributed by atoms with Gasteiger partial charge in [-0.25, -0.2) is 0 Å². The maximum atomic E-state index is 12.4. The van der Waals surface area contributed by atoms with Crippen molar-refractivity contribution in [3.05, 3.63) is 65.1 Å². The van der Waals surface area contributed by atoms with Crippen molar-refractivity contribution in [3.63, 3.8) is 0 Å². The van der Waals surface area contributed by atoms with E-state index in [-0.39, 0.29) is 22.2 Å². The van der Waals surface area contributed by atoms with Crippen molar-refractivity contribution in [1.82, 2.24) is 4.90 Å². The third-order valence-corrected chi connectivity index (χ3v) is 6.05. The summed E-state index contributed by atoms with van der Waals surface area (Å²) in [4.78, 5) is 36.9. The highest BCUT2D eigenvalue weighted by Gasteiger charge is 2.36. The van der Waals surface area contributed by atoms with E-state index in [0.29, 0.717) is 17.3 Å². The Morgan fingerprint density at radius 3 is 2.37 bits per heavy atom. The third-order valence-electron chi connectivity index (χ3n) is 3.88. The maximum Gasteiger partial charge on any atom is 0.339 e. The molecule has 1 fully saturated rings. The van der Waals surface area contributed by atoms with Gasteiger partial charge in [0.25, 0.3) is 11.1 Å². The van der Waals surface area contributed by atoms with Crippen molar-refractivity contribution in [2.75, 3.05) is 13.2 Å². The molecule has 30 heavy (non-hydrogen) atoms. The molecule has 156 valence electrons. The number of hydrogen-bond donors (Lipinski definition) is 0. The largest absolute Gasteiger partial charge is 0.465 e. The van der Waals surface area contributed by atoms with E-state index < -0.39 is 33.8 Å². The summed E-state index contributed by atoms with van der Waals surface area (Å²) in [5.74, 6) is -1.15. The topological polar surface area (TPSA) is 107 Å². The van der Waals surface area contributed by atoms with Crippen molar-refractivity contribution in [2.24, 2.45) is 0 Å². The fourth-order valence-electron chi connectivity index (χ4n) is 2.50. The Balaban J connectivity index is 1.71. The third kappa shape index (κ3) is 5.08. The molecule has 2 aromatic carbocycles. The molecule has 3 rings (SSSR count). The average molecular weight is 447 g/mol. The molecular formula is C20H17NO7S2. The first-order valence-electron chi connectivity index (χ1n) is 8.81. The lowest BCUT2D eigenvalue weighted by molar-refractivity contribution is -0.145. The average Bonchev–Trinajstić information content (AvgIpc) is 2.97. The van der Waals surface area contributed by atoms with Crippen LogP contribution in [0.3, 0.4) is 0 Å². The fraction of sp³-hybridized carbons (Fsp3) is 0.150. The number of amides is 2. The molecule has 2 amide bonds. The normalized spacial score (nSPS) is 15.5. The van der Waals surface area contributed by atoms with Crippen LogP contribution < -0.4 is 4.18 Å². The number of carbonyl (C=O) groups is 3. The summed E-state index contributed by atoms with van der Waals surface area (Å²) in [6, 6.07) is 13.7. The first-order chi connectivity index (χ1) is 14.3. The van der Waals surface area contributed by atoms with E-state index in [4.69, 9.17) is 8.92 Å². The summed E-state index contributed by atoms with van der Waals surface area (Å²) in [7, 11) is -3.96. The highest BCUT2D eigenvalue weighted by molar-refractivity contribution is 8.18. The lowest BCUT2D eigenvalue weighted by Crippen LogP contribution is -2.34. The van der Waals surface area contributed by atoms with Crippen molar-refractivity contribution in [3.8, 4) is 5.75 Å². The molecule has 1 saturated heterocycles. The number of nitrogens with zero attached hydrogens (tertiary/aromatic N) is 1. The lowest BCUT2D eigenvalue weighted by Gasteiger charge is -2.10. The number of benzene rings is 2. The SMILES string of the molecule is CCOC(=O)CN1C(=O)S/C(=C\c2ccc(OS(=O)(=O)c3ccccc3)cc2)C1=O. The Morgan fingerprint density at radius 1 is 1.07 bits per heavy atom. The number of ether oxygens (including phenoxy) is 1. The number of rotatable bonds is 7. The van der Waals surface area contributed by atoms with Gasteiger partial charge in [-0.05, 0) is 54.6 Å². The van der Waals surface area contributed by atoms with Gasteiger partial charge in [-0.15, -0.1) is 0 Å². The zero-order chi connectivity index (χ0) is 21.7. The van der Waals surface area contributed by atoms with Gasteiger partial charge in [-0.1, -0.05) is 30.3 Å². The van der Waals surface area contributed by atoms with Gasteiger partial charge in [0.1, 0.15) is 17.2 Å². The monoisotopic (exact) mass is 447 g/mol. The van der Waals surface area contributed by atoms with Crippen LogP contribution in [0.15, 0.2) is 64.4 Å². The minimum atomic E-state index is -3.96. The quantitative estimate of drug-likeness (QED) is 0.362. The summed E-state index contributed by atoms with van der Waals surface area (Å²) >= 11 is 0.712. The standard InChI is InChI=1S/C20H17NO7S2/c1-2-27-18(22)13-21-19(23)17(29-20(21)24)12-14-8-10-15(11-9-14)28-30(25,26)16-6-4-3-5-7-16/h3-12H,2,13H2,1H3/b17-12-. The van der Waals surface area contributed by atoms with Crippen molar-refractivity contribution >= 4 is 45.1 Å². The molecule has 1 heterocycles. The van der Waals surface area contributed by atoms with Crippen LogP contribution in [0.25, 0.3) is 6.08 Å². The number of esters is 1. The second kappa shape index (κ2) is 9.14. The van der Waals surface area contributed by atoms with E-state index in [1.807, 2.05) is 0 Å². The zero-order valence-electron chi connectivity index (χ0n) is 15.8. The van der Waals surface area contributed by atoms with E-state index in [0.717, 1.165) is 4.90 Å². The van der Waals surface area contributed by atoms with Gasteiger partial charge in [0.05, 0.1) is 11.5 Å². The van der Waals surface area contributed by atoms with Crippen molar-refractivity contribution < 1.29 is 31.7 Å². The molecule has 0 aliphatic carbocycles. The van der Waals surface area contributed by atoms with Crippen LogP contribution in [0.5, 0.6) is 5.75 Å². The molecule has 0 atom stereocenters. The number of hydrogen-bond acceptors (Lipinski definition) is 8. The van der Waals surface area contributed by atoms with Crippen LogP contribution in [0, 0.1) is 0 Å². The molecule has 1 aliphatic rings. The smallest absolute Gasteiger partial charge is 0.339 e. The molecule has 0 bridgehead atoms. The Bertz CT molecular complexity index is 1090. The summed E-state index contributed by atoms with van der Waals surface area (Å²) < 4.78 is 34.4. The zero-order valence-corrected chi connectivity index (χ0v) is 17.4. The molecule has 0 N–H and O–H groups in total. The maximum absolute atomic E-state index is 12.4. The van der Waals surface area contributed by atoms with Gasteiger partial charge in [0.15, 0.2) is 0 Å². The predicted octanol–water partition coefficient (Wildman–Crippen LogP) is 3.05. The van der Waals surface area contributed by atoms with Crippen LogP contribution in [-0.2, 0) is 24.4 Å². The lowest BCUT2D eigenvalue weighted by atomic mass is 10.2. The van der Waals surface area contributed by atoms with Gasteiger partial charge < -0.3 is 8.92 Å². The molecule has 0 unspecified atom stereocenters. The second-order valence-corrected chi connectivity index (χ2v) is 8.53. The van der Waals surface area contributed by atoms with E-state index in [1.165, 1.54) is 30.3 Å². The van der Waals surface area contributed by atoms with Gasteiger partial charge in [-0.2, -0.15) is 8.42 Å². The molecule has 10 heteroatoms. The van der Waals surface area contributed by atoms with Gasteiger partial charge in [-0.3, -0.25) is 19.3 Å². The Hall–Kier alpha value is -3.11. The van der Waals surface area contributed by atoms with Crippen LogP contribution in [0.4, 0.5) is 4.79 Å². The van der Waals surface area contributed by atoms with Crippen LogP contribution >= 0.6 is 11.8 Å². The molecule has 0 saturated carbocycles. The molecule has 0 spiro atoms. The highest BCUT2D eigenvalue weighted by atomic mass is 32.2. The first kappa shape index (κ1) is 21.6. The van der Waals surface area contributed by atoms with Gasteiger partial charge >= 0.3 is 16.1 Å². The van der Waals surface area contributed by atoms with E-state index in [2.05, 4.69) is 0 Å². The minimum Gasteiger partial charge on any atom is -0.465 e. The predicted molar refractivity (Wildman–Crippen MR) is 110 cm³/mol. The Labute approximate surface area is 177 Å². The number of thioether (sulfide) groups is 1. The summed E-state index contributed by atoms with van der Waals surface area (Å²) in [6.07, 6.45) is 1.48. The van der Waals surface area contributed by atoms with Crippen molar-refractivity contribution in [2.45, 2.75) is 11.8 Å². The fourth-order valence-corrected chi connectivity index (χ4v) is 4.29. The van der Waals surface area contributed by atoms with Crippen LogP contribution in [0.1, 0.15) is 12.5 Å². The molecule has 1 aliphatic heterocycles. The van der Waals surface area contributed by atoms with Crippen molar-refractivity contribution in [1.29, 1.82) is 0 Å². The summed E-state index contributed by atoms with van der Waals surface area (Å²) in [6.45, 7) is 1.34. The second-order valence-electron chi connectivity index (χ2n) is 5.99.